The molecule has 1 amide bonds. The minimum absolute atomic E-state index is 0.0193. The van der Waals surface area contributed by atoms with Crippen molar-refractivity contribution in [1.82, 2.24) is 4.90 Å². The zero-order valence-corrected chi connectivity index (χ0v) is 15.3. The van der Waals surface area contributed by atoms with Gasteiger partial charge < -0.3 is 10.2 Å². The van der Waals surface area contributed by atoms with Crippen molar-refractivity contribution in [2.45, 2.75) is 20.3 Å². The molecule has 0 atom stereocenters. The van der Waals surface area contributed by atoms with Crippen molar-refractivity contribution in [3.05, 3.63) is 64.7 Å². The molecule has 4 nitrogen and oxygen atoms in total. The van der Waals surface area contributed by atoms with E-state index in [4.69, 9.17) is 11.6 Å². The van der Waals surface area contributed by atoms with E-state index in [2.05, 4.69) is 5.32 Å². The van der Waals surface area contributed by atoms with Crippen LogP contribution in [0.15, 0.2) is 48.5 Å². The van der Waals surface area contributed by atoms with E-state index < -0.39 is 0 Å². The third kappa shape index (κ3) is 5.33. The van der Waals surface area contributed by atoms with Gasteiger partial charge in [-0.15, -0.1) is 0 Å². The average Bonchev–Trinajstić information content (AvgIpc) is 2.63. The summed E-state index contributed by atoms with van der Waals surface area (Å²) in [6, 6.07) is 14.3. The van der Waals surface area contributed by atoms with Crippen LogP contribution in [-0.2, 0) is 0 Å². The van der Waals surface area contributed by atoms with Crippen LogP contribution < -0.4 is 5.32 Å². The number of benzene rings is 2. The molecule has 2 aromatic rings. The highest BCUT2D eigenvalue weighted by Crippen LogP contribution is 2.14. The lowest BCUT2D eigenvalue weighted by atomic mass is 10.1. The van der Waals surface area contributed by atoms with Crippen LogP contribution >= 0.6 is 11.6 Å². The SMILES string of the molecule is CCN(CC)C(=O)c1cccc(NCCC(=O)c2ccc(Cl)cc2)c1. The number of carbonyl (C=O) groups excluding carboxylic acids is 2. The van der Waals surface area contributed by atoms with Gasteiger partial charge in [0.2, 0.25) is 0 Å². The number of nitrogens with zero attached hydrogens (tertiary/aromatic N) is 1. The lowest BCUT2D eigenvalue weighted by Crippen LogP contribution is -2.30. The normalized spacial score (nSPS) is 10.4. The number of halogens is 1. The van der Waals surface area contributed by atoms with E-state index in [9.17, 15) is 9.59 Å². The average molecular weight is 359 g/mol. The third-order valence-electron chi connectivity index (χ3n) is 4.01. The highest BCUT2D eigenvalue weighted by Gasteiger charge is 2.12. The molecular weight excluding hydrogens is 336 g/mol. The quantitative estimate of drug-likeness (QED) is 0.706. The summed E-state index contributed by atoms with van der Waals surface area (Å²) in [6.07, 6.45) is 0.371. The first-order valence-electron chi connectivity index (χ1n) is 8.47. The molecule has 0 aromatic heterocycles. The van der Waals surface area contributed by atoms with Gasteiger partial charge in [0.25, 0.3) is 5.91 Å². The standard InChI is InChI=1S/C20H23ClN2O2/c1-3-23(4-2)20(25)16-6-5-7-18(14-16)22-13-12-19(24)15-8-10-17(21)11-9-15/h5-11,14,22H,3-4,12-13H2,1-2H3. The summed E-state index contributed by atoms with van der Waals surface area (Å²) >= 11 is 5.83. The first-order chi connectivity index (χ1) is 12.0. The van der Waals surface area contributed by atoms with E-state index in [1.165, 1.54) is 0 Å². The molecule has 0 aliphatic rings. The predicted octanol–water partition coefficient (Wildman–Crippen LogP) is 4.51. The maximum atomic E-state index is 12.4. The van der Waals surface area contributed by atoms with Gasteiger partial charge in [-0.3, -0.25) is 9.59 Å². The van der Waals surface area contributed by atoms with E-state index in [0.29, 0.717) is 42.2 Å². The number of nitrogens with one attached hydrogen (secondary N) is 1. The Hall–Kier alpha value is -2.33. The van der Waals surface area contributed by atoms with Gasteiger partial charge in [0.1, 0.15) is 0 Å². The van der Waals surface area contributed by atoms with Crippen LogP contribution in [0.1, 0.15) is 41.0 Å². The van der Waals surface area contributed by atoms with Gasteiger partial charge in [0.15, 0.2) is 5.78 Å². The summed E-state index contributed by atoms with van der Waals surface area (Å²) < 4.78 is 0. The maximum absolute atomic E-state index is 12.4. The zero-order valence-electron chi connectivity index (χ0n) is 14.6. The highest BCUT2D eigenvalue weighted by molar-refractivity contribution is 6.30. The van der Waals surface area contributed by atoms with Crippen LogP contribution in [0.4, 0.5) is 5.69 Å². The predicted molar refractivity (Wildman–Crippen MR) is 103 cm³/mol. The minimum atomic E-state index is 0.0193. The Morgan fingerprint density at radius 2 is 1.68 bits per heavy atom. The first-order valence-corrected chi connectivity index (χ1v) is 8.85. The number of anilines is 1. The molecule has 5 heteroatoms. The number of hydrogen-bond acceptors (Lipinski definition) is 3. The van der Waals surface area contributed by atoms with Gasteiger partial charge in [0, 0.05) is 47.9 Å². The molecule has 0 saturated heterocycles. The Morgan fingerprint density at radius 1 is 1.00 bits per heavy atom. The Morgan fingerprint density at radius 3 is 2.32 bits per heavy atom. The summed E-state index contributed by atoms with van der Waals surface area (Å²) in [7, 11) is 0. The van der Waals surface area contributed by atoms with E-state index in [1.807, 2.05) is 38.1 Å². The van der Waals surface area contributed by atoms with Crippen molar-refractivity contribution < 1.29 is 9.59 Å². The van der Waals surface area contributed by atoms with Crippen LogP contribution in [0.3, 0.4) is 0 Å². The molecule has 0 saturated carbocycles. The van der Waals surface area contributed by atoms with Crippen LogP contribution in [0, 0.1) is 0 Å². The second-order valence-electron chi connectivity index (χ2n) is 5.67. The van der Waals surface area contributed by atoms with Gasteiger partial charge in [-0.2, -0.15) is 0 Å². The van der Waals surface area contributed by atoms with E-state index in [1.54, 1.807) is 29.2 Å². The zero-order chi connectivity index (χ0) is 18.2. The fraction of sp³-hybridized carbons (Fsp3) is 0.300. The van der Waals surface area contributed by atoms with Gasteiger partial charge in [-0.25, -0.2) is 0 Å². The number of Topliss-reactive ketones (excluding diaryl/α,β-unsaturated/α-hetero) is 1. The van der Waals surface area contributed by atoms with Crippen molar-refractivity contribution >= 4 is 29.0 Å². The fourth-order valence-electron chi connectivity index (χ4n) is 2.56. The smallest absolute Gasteiger partial charge is 0.253 e. The Balaban J connectivity index is 1.93. The van der Waals surface area contributed by atoms with Gasteiger partial charge in [-0.1, -0.05) is 17.7 Å². The first kappa shape index (κ1) is 19.0. The number of rotatable bonds is 8. The molecule has 0 fully saturated rings. The molecular formula is C20H23ClN2O2. The second kappa shape index (κ2) is 9.23. The van der Waals surface area contributed by atoms with E-state index in [-0.39, 0.29) is 11.7 Å². The van der Waals surface area contributed by atoms with E-state index in [0.717, 1.165) is 5.69 Å². The number of amides is 1. The molecule has 0 spiro atoms. The highest BCUT2D eigenvalue weighted by atomic mass is 35.5. The molecule has 132 valence electrons. The second-order valence-corrected chi connectivity index (χ2v) is 6.10. The Labute approximate surface area is 153 Å². The number of ketones is 1. The third-order valence-corrected chi connectivity index (χ3v) is 4.26. The monoisotopic (exact) mass is 358 g/mol. The molecule has 0 radical (unpaired) electrons. The number of hydrogen-bond donors (Lipinski definition) is 1. The molecule has 2 rings (SSSR count). The lowest BCUT2D eigenvalue weighted by molar-refractivity contribution is 0.0772. The molecule has 0 bridgehead atoms. The molecule has 25 heavy (non-hydrogen) atoms. The summed E-state index contributed by atoms with van der Waals surface area (Å²) in [5.74, 6) is 0.0745. The minimum Gasteiger partial charge on any atom is -0.385 e. The van der Waals surface area contributed by atoms with Crippen molar-refractivity contribution in [3.63, 3.8) is 0 Å². The molecule has 2 aromatic carbocycles. The molecule has 0 unspecified atom stereocenters. The van der Waals surface area contributed by atoms with E-state index >= 15 is 0 Å². The largest absolute Gasteiger partial charge is 0.385 e. The van der Waals surface area contributed by atoms with Crippen molar-refractivity contribution in [2.24, 2.45) is 0 Å². The van der Waals surface area contributed by atoms with Gasteiger partial charge >= 0.3 is 0 Å². The molecule has 0 heterocycles. The Kier molecular flexibility index (Phi) is 7.02. The summed E-state index contributed by atoms with van der Waals surface area (Å²) in [4.78, 5) is 26.3. The Bertz CT molecular complexity index is 725. The van der Waals surface area contributed by atoms with Crippen molar-refractivity contribution in [2.75, 3.05) is 25.0 Å². The summed E-state index contributed by atoms with van der Waals surface area (Å²) in [6.45, 7) is 5.80. The van der Waals surface area contributed by atoms with Crippen LogP contribution in [0.25, 0.3) is 0 Å². The number of carbonyl (C=O) groups is 2. The van der Waals surface area contributed by atoms with Crippen LogP contribution in [-0.4, -0.2) is 36.2 Å². The maximum Gasteiger partial charge on any atom is 0.253 e. The molecule has 1 N–H and O–H groups in total. The summed E-state index contributed by atoms with van der Waals surface area (Å²) in [5.41, 5.74) is 2.14. The van der Waals surface area contributed by atoms with Gasteiger partial charge in [-0.05, 0) is 56.3 Å². The fourth-order valence-corrected chi connectivity index (χ4v) is 2.68. The van der Waals surface area contributed by atoms with Crippen LogP contribution in [0.2, 0.25) is 5.02 Å². The molecule has 0 aliphatic heterocycles. The topological polar surface area (TPSA) is 49.4 Å². The van der Waals surface area contributed by atoms with Gasteiger partial charge in [0.05, 0.1) is 0 Å². The van der Waals surface area contributed by atoms with Crippen molar-refractivity contribution in [3.8, 4) is 0 Å². The summed E-state index contributed by atoms with van der Waals surface area (Å²) in [5, 5.41) is 3.82. The lowest BCUT2D eigenvalue weighted by Gasteiger charge is -2.19. The van der Waals surface area contributed by atoms with Crippen LogP contribution in [0.5, 0.6) is 0 Å². The van der Waals surface area contributed by atoms with Crippen molar-refractivity contribution in [1.29, 1.82) is 0 Å². The molecule has 0 aliphatic carbocycles.